The predicted molar refractivity (Wildman–Crippen MR) is 100 cm³/mol. The third kappa shape index (κ3) is 5.33. The van der Waals surface area contributed by atoms with Gasteiger partial charge < -0.3 is 11.1 Å². The Morgan fingerprint density at radius 3 is 2.75 bits per heavy atom. The van der Waals surface area contributed by atoms with Gasteiger partial charge in [0, 0.05) is 17.1 Å². The standard InChI is InChI=1S/C16H22N4O2S2/c1-3-13-5-4-6-14(11-13)20-16(17)18-9-10-19-24(21,22)15-8-7-12(2)23-15/h4-8,11,19H,3,9-10H2,1-2H3,(H3,17,18,20). The zero-order valence-corrected chi connectivity index (χ0v) is 15.4. The molecule has 0 aliphatic rings. The van der Waals surface area contributed by atoms with Gasteiger partial charge in [-0.15, -0.1) is 11.3 Å². The third-order valence-corrected chi connectivity index (χ3v) is 6.23. The number of nitrogens with zero attached hydrogens (tertiary/aromatic N) is 1. The van der Waals surface area contributed by atoms with E-state index in [-0.39, 0.29) is 19.0 Å². The molecule has 1 heterocycles. The van der Waals surface area contributed by atoms with Gasteiger partial charge >= 0.3 is 0 Å². The highest BCUT2D eigenvalue weighted by atomic mass is 32.2. The monoisotopic (exact) mass is 366 g/mol. The minimum atomic E-state index is -3.47. The number of anilines is 1. The molecule has 24 heavy (non-hydrogen) atoms. The first-order chi connectivity index (χ1) is 11.4. The Kier molecular flexibility index (Phi) is 6.36. The molecular formula is C16H22N4O2S2. The van der Waals surface area contributed by atoms with Crippen molar-refractivity contribution in [3.8, 4) is 0 Å². The van der Waals surface area contributed by atoms with E-state index in [2.05, 4.69) is 22.0 Å². The number of nitrogens with one attached hydrogen (secondary N) is 2. The van der Waals surface area contributed by atoms with E-state index in [9.17, 15) is 8.42 Å². The van der Waals surface area contributed by atoms with Crippen molar-refractivity contribution in [2.24, 2.45) is 10.7 Å². The maximum absolute atomic E-state index is 12.1. The van der Waals surface area contributed by atoms with Gasteiger partial charge in [-0.25, -0.2) is 13.1 Å². The number of benzene rings is 1. The highest BCUT2D eigenvalue weighted by molar-refractivity contribution is 7.91. The summed E-state index contributed by atoms with van der Waals surface area (Å²) in [4.78, 5) is 5.09. The first-order valence-corrected chi connectivity index (χ1v) is 9.92. The molecule has 0 unspecified atom stereocenters. The van der Waals surface area contributed by atoms with E-state index in [1.54, 1.807) is 12.1 Å². The lowest BCUT2D eigenvalue weighted by Crippen LogP contribution is -2.28. The van der Waals surface area contributed by atoms with Crippen molar-refractivity contribution in [3.05, 3.63) is 46.8 Å². The second-order valence-electron chi connectivity index (χ2n) is 5.21. The first kappa shape index (κ1) is 18.4. The van der Waals surface area contributed by atoms with Crippen LogP contribution in [0.1, 0.15) is 17.4 Å². The number of hydrogen-bond donors (Lipinski definition) is 3. The van der Waals surface area contributed by atoms with Gasteiger partial charge in [0.25, 0.3) is 0 Å². The summed E-state index contributed by atoms with van der Waals surface area (Å²) in [7, 11) is -3.47. The number of aliphatic imine (C=N–C) groups is 1. The smallest absolute Gasteiger partial charge is 0.250 e. The number of thiophene rings is 1. The SMILES string of the molecule is CCc1cccc(NC(N)=NCCNS(=O)(=O)c2ccc(C)s2)c1. The average Bonchev–Trinajstić information content (AvgIpc) is 2.99. The second-order valence-corrected chi connectivity index (χ2v) is 8.49. The first-order valence-electron chi connectivity index (χ1n) is 7.62. The van der Waals surface area contributed by atoms with Crippen LogP contribution in [0.25, 0.3) is 0 Å². The van der Waals surface area contributed by atoms with Crippen LogP contribution in [0.15, 0.2) is 45.6 Å². The van der Waals surface area contributed by atoms with Gasteiger partial charge in [0.2, 0.25) is 10.0 Å². The van der Waals surface area contributed by atoms with Crippen LogP contribution in [0.2, 0.25) is 0 Å². The Balaban J connectivity index is 1.84. The van der Waals surface area contributed by atoms with E-state index in [0.717, 1.165) is 17.0 Å². The quantitative estimate of drug-likeness (QED) is 0.398. The van der Waals surface area contributed by atoms with Gasteiger partial charge in [-0.05, 0) is 43.2 Å². The van der Waals surface area contributed by atoms with Crippen LogP contribution in [0, 0.1) is 6.92 Å². The zero-order valence-electron chi connectivity index (χ0n) is 13.7. The maximum atomic E-state index is 12.1. The van der Waals surface area contributed by atoms with Crippen molar-refractivity contribution < 1.29 is 8.42 Å². The molecule has 0 aliphatic heterocycles. The Bertz CT molecular complexity index is 813. The number of aryl methyl sites for hydroxylation is 2. The fourth-order valence-corrected chi connectivity index (χ4v) is 4.39. The number of nitrogens with two attached hydrogens (primary N) is 1. The van der Waals surface area contributed by atoms with Gasteiger partial charge in [-0.2, -0.15) is 0 Å². The molecule has 2 rings (SSSR count). The normalized spacial score (nSPS) is 12.3. The van der Waals surface area contributed by atoms with Crippen LogP contribution in [-0.2, 0) is 16.4 Å². The van der Waals surface area contributed by atoms with Gasteiger partial charge in [0.05, 0.1) is 6.54 Å². The van der Waals surface area contributed by atoms with Gasteiger partial charge in [0.1, 0.15) is 4.21 Å². The van der Waals surface area contributed by atoms with Crippen LogP contribution < -0.4 is 15.8 Å². The molecule has 4 N–H and O–H groups in total. The molecule has 130 valence electrons. The number of sulfonamides is 1. The third-order valence-electron chi connectivity index (χ3n) is 3.27. The molecule has 6 nitrogen and oxygen atoms in total. The Hall–Kier alpha value is -1.90. The van der Waals surface area contributed by atoms with Crippen LogP contribution in [0.5, 0.6) is 0 Å². The fourth-order valence-electron chi connectivity index (χ4n) is 2.04. The van der Waals surface area contributed by atoms with Crippen LogP contribution in [-0.4, -0.2) is 27.5 Å². The Morgan fingerprint density at radius 2 is 2.08 bits per heavy atom. The van der Waals surface area contributed by atoms with Crippen molar-refractivity contribution in [1.29, 1.82) is 0 Å². The molecule has 2 aromatic rings. The lowest BCUT2D eigenvalue weighted by Gasteiger charge is -2.07. The zero-order chi connectivity index (χ0) is 17.6. The molecule has 0 fully saturated rings. The molecule has 0 amide bonds. The largest absolute Gasteiger partial charge is 0.370 e. The van der Waals surface area contributed by atoms with E-state index in [4.69, 9.17) is 5.73 Å². The predicted octanol–water partition coefficient (Wildman–Crippen LogP) is 2.32. The van der Waals surface area contributed by atoms with Crippen LogP contribution in [0.3, 0.4) is 0 Å². The lowest BCUT2D eigenvalue weighted by atomic mass is 10.1. The number of rotatable bonds is 7. The van der Waals surface area contributed by atoms with Crippen molar-refractivity contribution in [2.75, 3.05) is 18.4 Å². The lowest BCUT2D eigenvalue weighted by molar-refractivity contribution is 0.584. The maximum Gasteiger partial charge on any atom is 0.250 e. The van der Waals surface area contributed by atoms with Crippen molar-refractivity contribution in [3.63, 3.8) is 0 Å². The van der Waals surface area contributed by atoms with E-state index < -0.39 is 10.0 Å². The molecule has 1 aromatic carbocycles. The summed E-state index contributed by atoms with van der Waals surface area (Å²) in [6.07, 6.45) is 0.941. The van der Waals surface area contributed by atoms with E-state index in [1.165, 1.54) is 16.9 Å². The summed E-state index contributed by atoms with van der Waals surface area (Å²) in [5.41, 5.74) is 7.89. The summed E-state index contributed by atoms with van der Waals surface area (Å²) < 4.78 is 26.9. The summed E-state index contributed by atoms with van der Waals surface area (Å²) in [6, 6.07) is 11.3. The highest BCUT2D eigenvalue weighted by Crippen LogP contribution is 2.19. The highest BCUT2D eigenvalue weighted by Gasteiger charge is 2.14. The fraction of sp³-hybridized carbons (Fsp3) is 0.312. The molecule has 0 spiro atoms. The average molecular weight is 367 g/mol. The van der Waals surface area contributed by atoms with E-state index >= 15 is 0 Å². The summed E-state index contributed by atoms with van der Waals surface area (Å²) in [5.74, 6) is 0.259. The molecular weight excluding hydrogens is 344 g/mol. The van der Waals surface area contributed by atoms with Crippen LogP contribution >= 0.6 is 11.3 Å². The molecule has 0 bridgehead atoms. The van der Waals surface area contributed by atoms with E-state index in [1.807, 2.05) is 31.2 Å². The number of hydrogen-bond acceptors (Lipinski definition) is 4. The Labute approximate surface area is 146 Å². The van der Waals surface area contributed by atoms with Gasteiger partial charge in [-0.3, -0.25) is 4.99 Å². The molecule has 0 saturated carbocycles. The molecule has 0 atom stereocenters. The molecule has 8 heteroatoms. The summed E-state index contributed by atoms with van der Waals surface area (Å²) in [5, 5.41) is 3.00. The van der Waals surface area contributed by atoms with Crippen molar-refractivity contribution in [1.82, 2.24) is 4.72 Å². The van der Waals surface area contributed by atoms with Gasteiger partial charge in [-0.1, -0.05) is 19.1 Å². The van der Waals surface area contributed by atoms with Gasteiger partial charge in [0.15, 0.2) is 5.96 Å². The number of guanidine groups is 1. The molecule has 1 aromatic heterocycles. The summed E-state index contributed by atoms with van der Waals surface area (Å²) >= 11 is 1.24. The summed E-state index contributed by atoms with van der Waals surface area (Å²) in [6.45, 7) is 4.40. The second kappa shape index (κ2) is 8.27. The van der Waals surface area contributed by atoms with Crippen LogP contribution in [0.4, 0.5) is 5.69 Å². The van der Waals surface area contributed by atoms with E-state index in [0.29, 0.717) is 4.21 Å². The molecule has 0 aliphatic carbocycles. The van der Waals surface area contributed by atoms with Crippen molar-refractivity contribution >= 4 is 33.0 Å². The van der Waals surface area contributed by atoms with Crippen molar-refractivity contribution in [2.45, 2.75) is 24.5 Å². The minimum absolute atomic E-state index is 0.191. The topological polar surface area (TPSA) is 96.6 Å². The minimum Gasteiger partial charge on any atom is -0.370 e. The molecule has 0 radical (unpaired) electrons. The Morgan fingerprint density at radius 1 is 1.29 bits per heavy atom. The molecule has 0 saturated heterocycles.